The Labute approximate surface area is 108 Å². The summed E-state index contributed by atoms with van der Waals surface area (Å²) in [5, 5.41) is 6.22. The topological polar surface area (TPSA) is 61.4 Å². The van der Waals surface area contributed by atoms with E-state index in [1.807, 2.05) is 4.90 Å². The molecule has 0 spiro atoms. The lowest BCUT2D eigenvalue weighted by Gasteiger charge is -2.35. The molecular formula is C13H23N3O2. The van der Waals surface area contributed by atoms with Crippen LogP contribution in [0.5, 0.6) is 0 Å². The molecule has 2 amide bonds. The molecule has 2 saturated heterocycles. The van der Waals surface area contributed by atoms with Crippen molar-refractivity contribution in [3.05, 3.63) is 0 Å². The molecule has 0 radical (unpaired) electrons. The van der Waals surface area contributed by atoms with E-state index in [2.05, 4.69) is 10.6 Å². The first-order valence-corrected chi connectivity index (χ1v) is 6.93. The van der Waals surface area contributed by atoms with Crippen LogP contribution in [0.15, 0.2) is 0 Å². The maximum Gasteiger partial charge on any atom is 0.226 e. The summed E-state index contributed by atoms with van der Waals surface area (Å²) < 4.78 is 0. The fourth-order valence-electron chi connectivity index (χ4n) is 2.85. The Morgan fingerprint density at radius 3 is 2.50 bits per heavy atom. The molecule has 0 aliphatic carbocycles. The SMILES string of the molecule is CC(=O)NC1CCN(C(=O)[C@@H]2CCCNC2)CC1. The lowest BCUT2D eigenvalue weighted by atomic mass is 9.96. The number of rotatable bonds is 2. The van der Waals surface area contributed by atoms with Gasteiger partial charge in [-0.15, -0.1) is 0 Å². The number of likely N-dealkylation sites (tertiary alicyclic amines) is 1. The fraction of sp³-hybridized carbons (Fsp3) is 0.846. The summed E-state index contributed by atoms with van der Waals surface area (Å²) in [4.78, 5) is 25.2. The maximum atomic E-state index is 12.3. The summed E-state index contributed by atoms with van der Waals surface area (Å²) in [6.07, 6.45) is 3.87. The van der Waals surface area contributed by atoms with E-state index < -0.39 is 0 Å². The van der Waals surface area contributed by atoms with Crippen LogP contribution in [0.1, 0.15) is 32.6 Å². The molecule has 0 aromatic heterocycles. The predicted molar refractivity (Wildman–Crippen MR) is 69.0 cm³/mol. The predicted octanol–water partition coefficient (Wildman–Crippen LogP) is 0.113. The van der Waals surface area contributed by atoms with Gasteiger partial charge in [-0.05, 0) is 32.2 Å². The lowest BCUT2D eigenvalue weighted by Crippen LogP contribution is -2.49. The highest BCUT2D eigenvalue weighted by molar-refractivity contribution is 5.79. The van der Waals surface area contributed by atoms with Crippen LogP contribution in [0, 0.1) is 5.92 Å². The van der Waals surface area contributed by atoms with Crippen molar-refractivity contribution in [3.63, 3.8) is 0 Å². The molecule has 0 saturated carbocycles. The fourth-order valence-corrected chi connectivity index (χ4v) is 2.85. The second kappa shape index (κ2) is 6.18. The number of amides is 2. The number of hydrogen-bond donors (Lipinski definition) is 2. The highest BCUT2D eigenvalue weighted by atomic mass is 16.2. The summed E-state index contributed by atoms with van der Waals surface area (Å²) in [6.45, 7) is 4.96. The highest BCUT2D eigenvalue weighted by Crippen LogP contribution is 2.17. The zero-order valence-electron chi connectivity index (χ0n) is 11.1. The molecule has 2 aliphatic heterocycles. The normalized spacial score (nSPS) is 25.8. The van der Waals surface area contributed by atoms with Crippen LogP contribution in [0.25, 0.3) is 0 Å². The van der Waals surface area contributed by atoms with Crippen LogP contribution in [-0.4, -0.2) is 48.9 Å². The summed E-state index contributed by atoms with van der Waals surface area (Å²) in [6, 6.07) is 0.246. The summed E-state index contributed by atoms with van der Waals surface area (Å²) in [7, 11) is 0. The van der Waals surface area contributed by atoms with Crippen molar-refractivity contribution < 1.29 is 9.59 Å². The number of nitrogens with one attached hydrogen (secondary N) is 2. The van der Waals surface area contributed by atoms with E-state index in [0.717, 1.165) is 51.9 Å². The van der Waals surface area contributed by atoms with Gasteiger partial charge in [0.25, 0.3) is 0 Å². The molecule has 2 aliphatic rings. The third-order valence-electron chi connectivity index (χ3n) is 3.86. The van der Waals surface area contributed by atoms with E-state index >= 15 is 0 Å². The minimum atomic E-state index is 0.0243. The molecule has 0 bridgehead atoms. The van der Waals surface area contributed by atoms with E-state index in [1.165, 1.54) is 0 Å². The van der Waals surface area contributed by atoms with Crippen molar-refractivity contribution in [2.24, 2.45) is 5.92 Å². The molecule has 18 heavy (non-hydrogen) atoms. The van der Waals surface area contributed by atoms with E-state index in [1.54, 1.807) is 6.92 Å². The molecule has 2 fully saturated rings. The van der Waals surface area contributed by atoms with Crippen LogP contribution in [-0.2, 0) is 9.59 Å². The van der Waals surface area contributed by atoms with Crippen LogP contribution in [0.3, 0.4) is 0 Å². The maximum absolute atomic E-state index is 12.3. The van der Waals surface area contributed by atoms with Gasteiger partial charge in [-0.3, -0.25) is 9.59 Å². The Balaban J connectivity index is 1.78. The van der Waals surface area contributed by atoms with Gasteiger partial charge < -0.3 is 15.5 Å². The minimum absolute atomic E-state index is 0.0243. The molecule has 0 aromatic carbocycles. The molecule has 2 rings (SSSR count). The largest absolute Gasteiger partial charge is 0.353 e. The molecular weight excluding hydrogens is 230 g/mol. The zero-order valence-corrected chi connectivity index (χ0v) is 11.1. The van der Waals surface area contributed by atoms with Crippen LogP contribution in [0.4, 0.5) is 0 Å². The smallest absolute Gasteiger partial charge is 0.226 e. The third-order valence-corrected chi connectivity index (χ3v) is 3.86. The average Bonchev–Trinajstić information content (AvgIpc) is 2.39. The van der Waals surface area contributed by atoms with Crippen molar-refractivity contribution >= 4 is 11.8 Å². The van der Waals surface area contributed by atoms with Gasteiger partial charge in [-0.1, -0.05) is 0 Å². The van der Waals surface area contributed by atoms with Gasteiger partial charge in [-0.25, -0.2) is 0 Å². The van der Waals surface area contributed by atoms with Crippen molar-refractivity contribution in [2.75, 3.05) is 26.2 Å². The third kappa shape index (κ3) is 3.45. The molecule has 102 valence electrons. The number of carbonyl (C=O) groups excluding carboxylic acids is 2. The zero-order chi connectivity index (χ0) is 13.0. The second-order valence-corrected chi connectivity index (χ2v) is 5.34. The second-order valence-electron chi connectivity index (χ2n) is 5.34. The molecule has 2 heterocycles. The summed E-state index contributed by atoms with van der Waals surface area (Å²) >= 11 is 0. The quantitative estimate of drug-likeness (QED) is 0.734. The van der Waals surface area contributed by atoms with Gasteiger partial charge in [0, 0.05) is 32.6 Å². The van der Waals surface area contributed by atoms with Crippen LogP contribution in [0.2, 0.25) is 0 Å². The molecule has 1 atom stereocenters. The van der Waals surface area contributed by atoms with Crippen LogP contribution >= 0.6 is 0 Å². The molecule has 2 N–H and O–H groups in total. The van der Waals surface area contributed by atoms with Crippen LogP contribution < -0.4 is 10.6 Å². The van der Waals surface area contributed by atoms with Gasteiger partial charge in [0.2, 0.25) is 11.8 Å². The van der Waals surface area contributed by atoms with E-state index in [4.69, 9.17) is 0 Å². The minimum Gasteiger partial charge on any atom is -0.353 e. The number of hydrogen-bond acceptors (Lipinski definition) is 3. The standard InChI is InChI=1S/C13H23N3O2/c1-10(17)15-12-4-7-16(8-5-12)13(18)11-3-2-6-14-9-11/h11-12,14H,2-9H2,1H3,(H,15,17)/t11-/m1/s1. The summed E-state index contributed by atoms with van der Waals surface area (Å²) in [5.41, 5.74) is 0. The van der Waals surface area contributed by atoms with E-state index in [-0.39, 0.29) is 17.9 Å². The first-order chi connectivity index (χ1) is 8.66. The monoisotopic (exact) mass is 253 g/mol. The molecule has 0 unspecified atom stereocenters. The van der Waals surface area contributed by atoms with Gasteiger partial charge in [0.15, 0.2) is 0 Å². The van der Waals surface area contributed by atoms with E-state index in [0.29, 0.717) is 5.91 Å². The molecule has 5 nitrogen and oxygen atoms in total. The Kier molecular flexibility index (Phi) is 4.58. The van der Waals surface area contributed by atoms with Gasteiger partial charge in [0.05, 0.1) is 5.92 Å². The average molecular weight is 253 g/mol. The Morgan fingerprint density at radius 2 is 1.94 bits per heavy atom. The first kappa shape index (κ1) is 13.3. The van der Waals surface area contributed by atoms with Crippen molar-refractivity contribution in [3.8, 4) is 0 Å². The number of nitrogens with zero attached hydrogens (tertiary/aromatic N) is 1. The Hall–Kier alpha value is -1.10. The van der Waals surface area contributed by atoms with Crippen molar-refractivity contribution in [2.45, 2.75) is 38.6 Å². The Morgan fingerprint density at radius 1 is 1.22 bits per heavy atom. The first-order valence-electron chi connectivity index (χ1n) is 6.93. The number of carbonyl (C=O) groups is 2. The van der Waals surface area contributed by atoms with Crippen molar-refractivity contribution in [1.82, 2.24) is 15.5 Å². The van der Waals surface area contributed by atoms with Crippen molar-refractivity contribution in [1.29, 1.82) is 0 Å². The lowest BCUT2D eigenvalue weighted by molar-refractivity contribution is -0.137. The number of piperidine rings is 2. The van der Waals surface area contributed by atoms with Gasteiger partial charge >= 0.3 is 0 Å². The highest BCUT2D eigenvalue weighted by Gasteiger charge is 2.29. The Bertz CT molecular complexity index is 305. The molecule has 0 aromatic rings. The molecule has 5 heteroatoms. The van der Waals surface area contributed by atoms with Gasteiger partial charge in [0.1, 0.15) is 0 Å². The summed E-state index contributed by atoms with van der Waals surface area (Å²) in [5.74, 6) is 0.482. The van der Waals surface area contributed by atoms with Gasteiger partial charge in [-0.2, -0.15) is 0 Å². The van der Waals surface area contributed by atoms with E-state index in [9.17, 15) is 9.59 Å².